The summed E-state index contributed by atoms with van der Waals surface area (Å²) in [7, 11) is 7.93. The topological polar surface area (TPSA) is 82.5 Å². The van der Waals surface area contributed by atoms with Gasteiger partial charge < -0.3 is 29.5 Å². The Kier molecular flexibility index (Phi) is 10.1. The fraction of sp³-hybridized carbons (Fsp3) is 0.519. The third-order valence-corrected chi connectivity index (χ3v) is 5.54. The van der Waals surface area contributed by atoms with Gasteiger partial charge in [-0.05, 0) is 77.4 Å². The first-order chi connectivity index (χ1) is 15.9. The van der Waals surface area contributed by atoms with Crippen LogP contribution in [0.25, 0.3) is 0 Å². The summed E-state index contributed by atoms with van der Waals surface area (Å²) < 4.78 is 11.4. The highest BCUT2D eigenvalue weighted by molar-refractivity contribution is 5.94. The molecule has 2 aromatic rings. The maximum absolute atomic E-state index is 13.1. The minimum absolute atomic E-state index is 0.0958. The third-order valence-electron chi connectivity index (χ3n) is 5.54. The van der Waals surface area contributed by atoms with Crippen LogP contribution in [0.15, 0.2) is 48.5 Å². The molecule has 0 spiro atoms. The highest BCUT2D eigenvalue weighted by Gasteiger charge is 2.42. The molecule has 0 aliphatic carbocycles. The Bertz CT molecular complexity index is 817. The van der Waals surface area contributed by atoms with E-state index in [1.807, 2.05) is 86.5 Å². The monoisotopic (exact) mass is 472 g/mol. The predicted octanol–water partition coefficient (Wildman–Crippen LogP) is 2.42. The highest BCUT2D eigenvalue weighted by Crippen LogP contribution is 2.26. The van der Waals surface area contributed by atoms with Crippen molar-refractivity contribution in [2.75, 3.05) is 54.5 Å². The lowest BCUT2D eigenvalue weighted by Gasteiger charge is -2.31. The Morgan fingerprint density at radius 3 is 1.32 bits per heavy atom. The highest BCUT2D eigenvalue weighted by atomic mass is 16.5. The van der Waals surface area contributed by atoms with Gasteiger partial charge in [0, 0.05) is 25.9 Å². The number of aliphatic hydroxyl groups is 2. The van der Waals surface area contributed by atoms with E-state index in [1.54, 1.807) is 0 Å². The number of likely N-dealkylation sites (N-methyl/N-ethyl adjacent to an activating group) is 2. The van der Waals surface area contributed by atoms with Crippen LogP contribution in [0.5, 0.6) is 11.5 Å². The van der Waals surface area contributed by atoms with Crippen molar-refractivity contribution in [1.29, 1.82) is 0 Å². The molecule has 0 saturated carbocycles. The first-order valence-electron chi connectivity index (χ1n) is 11.6. The Labute approximate surface area is 203 Å². The van der Waals surface area contributed by atoms with Crippen LogP contribution in [0.4, 0.5) is 0 Å². The zero-order valence-electron chi connectivity index (χ0n) is 21.4. The van der Waals surface area contributed by atoms with Crippen LogP contribution in [-0.4, -0.2) is 91.5 Å². The number of carbonyl (C=O) groups is 1. The predicted molar refractivity (Wildman–Crippen MR) is 135 cm³/mol. The second-order valence-electron chi connectivity index (χ2n) is 9.82. The zero-order chi connectivity index (χ0) is 25.4. The molecule has 0 aliphatic rings. The fourth-order valence-corrected chi connectivity index (χ4v) is 3.63. The van der Waals surface area contributed by atoms with Gasteiger partial charge in [-0.1, -0.05) is 24.3 Å². The van der Waals surface area contributed by atoms with E-state index in [4.69, 9.17) is 9.47 Å². The van der Waals surface area contributed by atoms with Gasteiger partial charge in [-0.2, -0.15) is 0 Å². The number of ketones is 1. The summed E-state index contributed by atoms with van der Waals surface area (Å²) in [4.78, 5) is 17.2. The van der Waals surface area contributed by atoms with Gasteiger partial charge in [0.2, 0.25) is 0 Å². The molecule has 2 aromatic carbocycles. The summed E-state index contributed by atoms with van der Waals surface area (Å²) >= 11 is 0. The Morgan fingerprint density at radius 2 is 1.03 bits per heavy atom. The van der Waals surface area contributed by atoms with Crippen LogP contribution < -0.4 is 9.47 Å². The number of ether oxygens (including phenoxy) is 2. The lowest BCUT2D eigenvalue weighted by molar-refractivity contribution is -0.153. The Balaban J connectivity index is 1.95. The van der Waals surface area contributed by atoms with Crippen LogP contribution in [0.3, 0.4) is 0 Å². The van der Waals surface area contributed by atoms with Crippen molar-refractivity contribution in [1.82, 2.24) is 9.80 Å². The molecule has 0 amide bonds. The average molecular weight is 473 g/mol. The molecule has 7 nitrogen and oxygen atoms in total. The van der Waals surface area contributed by atoms with Gasteiger partial charge in [-0.3, -0.25) is 4.79 Å². The van der Waals surface area contributed by atoms with Crippen LogP contribution in [0.2, 0.25) is 0 Å². The third kappa shape index (κ3) is 9.06. The van der Waals surface area contributed by atoms with E-state index in [0.29, 0.717) is 13.2 Å². The van der Waals surface area contributed by atoms with Crippen molar-refractivity contribution < 1.29 is 24.5 Å². The molecule has 2 unspecified atom stereocenters. The second kappa shape index (κ2) is 12.3. The lowest BCUT2D eigenvalue weighted by atomic mass is 9.80. The van der Waals surface area contributed by atoms with E-state index < -0.39 is 17.0 Å². The summed E-state index contributed by atoms with van der Waals surface area (Å²) in [5, 5.41) is 21.9. The van der Waals surface area contributed by atoms with Crippen LogP contribution >= 0.6 is 0 Å². The molecule has 0 bridgehead atoms. The fourth-order valence-electron chi connectivity index (χ4n) is 3.63. The van der Waals surface area contributed by atoms with Crippen molar-refractivity contribution in [2.45, 2.75) is 37.9 Å². The van der Waals surface area contributed by atoms with Crippen molar-refractivity contribution in [3.05, 3.63) is 59.7 Å². The number of hydrogen-bond acceptors (Lipinski definition) is 7. The first kappa shape index (κ1) is 27.8. The maximum Gasteiger partial charge on any atom is 0.195 e. The molecule has 188 valence electrons. The summed E-state index contributed by atoms with van der Waals surface area (Å²) in [5.41, 5.74) is -1.86. The molecule has 0 fully saturated rings. The quantitative estimate of drug-likeness (QED) is 0.437. The normalized spacial score (nSPS) is 15.1. The minimum atomic E-state index is -1.72. The molecule has 2 N–H and O–H groups in total. The standard InChI is InChI=1S/C27H40N2O5/c1-26(31,19-21-7-11-23(12-8-21)33-17-15-28(3)4)25(30)27(2,32)20-22-9-13-24(14-10-22)34-18-16-29(5)6/h7-14,31-32H,15-20H2,1-6H3. The molecule has 2 rings (SSSR count). The summed E-state index contributed by atoms with van der Waals surface area (Å²) in [6.45, 7) is 5.68. The number of hydrogen-bond donors (Lipinski definition) is 2. The van der Waals surface area contributed by atoms with E-state index >= 15 is 0 Å². The van der Waals surface area contributed by atoms with Crippen molar-refractivity contribution in [3.63, 3.8) is 0 Å². The number of nitrogens with zero attached hydrogens (tertiary/aromatic N) is 2. The van der Waals surface area contributed by atoms with E-state index in [0.717, 1.165) is 35.7 Å². The zero-order valence-corrected chi connectivity index (χ0v) is 21.4. The SMILES string of the molecule is CN(C)CCOc1ccc(CC(C)(O)C(=O)C(C)(O)Cc2ccc(OCCN(C)C)cc2)cc1. The Hall–Kier alpha value is -2.45. The van der Waals surface area contributed by atoms with E-state index in [-0.39, 0.29) is 12.8 Å². The van der Waals surface area contributed by atoms with E-state index in [2.05, 4.69) is 0 Å². The second-order valence-corrected chi connectivity index (χ2v) is 9.82. The number of rotatable bonds is 14. The van der Waals surface area contributed by atoms with Crippen LogP contribution in [0.1, 0.15) is 25.0 Å². The largest absolute Gasteiger partial charge is 0.492 e. The molecule has 0 heterocycles. The Morgan fingerprint density at radius 1 is 0.706 bits per heavy atom. The summed E-state index contributed by atoms with van der Waals surface area (Å²) in [5.74, 6) is 0.855. The summed E-state index contributed by atoms with van der Waals surface area (Å²) in [6, 6.07) is 14.6. The molecular formula is C27H40N2O5. The van der Waals surface area contributed by atoms with Gasteiger partial charge in [-0.25, -0.2) is 0 Å². The van der Waals surface area contributed by atoms with Gasteiger partial charge in [-0.15, -0.1) is 0 Å². The minimum Gasteiger partial charge on any atom is -0.492 e. The van der Waals surface area contributed by atoms with Crippen molar-refractivity contribution in [3.8, 4) is 11.5 Å². The van der Waals surface area contributed by atoms with Gasteiger partial charge in [0.05, 0.1) is 0 Å². The van der Waals surface area contributed by atoms with Crippen LogP contribution in [-0.2, 0) is 17.6 Å². The smallest absolute Gasteiger partial charge is 0.195 e. The van der Waals surface area contributed by atoms with Crippen molar-refractivity contribution in [2.24, 2.45) is 0 Å². The molecule has 0 radical (unpaired) electrons. The van der Waals surface area contributed by atoms with Gasteiger partial charge >= 0.3 is 0 Å². The molecule has 34 heavy (non-hydrogen) atoms. The molecule has 7 heteroatoms. The molecule has 0 aromatic heterocycles. The molecule has 0 aliphatic heterocycles. The molecular weight excluding hydrogens is 432 g/mol. The maximum atomic E-state index is 13.1. The van der Waals surface area contributed by atoms with Gasteiger partial charge in [0.25, 0.3) is 0 Å². The molecule has 2 atom stereocenters. The van der Waals surface area contributed by atoms with E-state index in [9.17, 15) is 15.0 Å². The van der Waals surface area contributed by atoms with Gasteiger partial charge in [0.1, 0.15) is 35.9 Å². The first-order valence-corrected chi connectivity index (χ1v) is 11.6. The average Bonchev–Trinajstić information content (AvgIpc) is 2.75. The van der Waals surface area contributed by atoms with E-state index in [1.165, 1.54) is 13.8 Å². The number of benzene rings is 2. The summed E-state index contributed by atoms with van der Waals surface area (Å²) in [6.07, 6.45) is 0.192. The lowest BCUT2D eigenvalue weighted by Crippen LogP contribution is -2.52. The molecule has 0 saturated heterocycles. The number of Topliss-reactive ketones (excluding diaryl/α,β-unsaturated/α-hetero) is 1. The van der Waals surface area contributed by atoms with Gasteiger partial charge in [0.15, 0.2) is 5.78 Å². The number of carbonyl (C=O) groups excluding carboxylic acids is 1. The van der Waals surface area contributed by atoms with Crippen molar-refractivity contribution >= 4 is 5.78 Å². The van der Waals surface area contributed by atoms with Crippen LogP contribution in [0, 0.1) is 0 Å².